The first-order valence-corrected chi connectivity index (χ1v) is 6.97. The molecule has 1 aliphatic rings. The number of hydrogen-bond acceptors (Lipinski definition) is 2. The third-order valence-electron chi connectivity index (χ3n) is 3.73. The van der Waals surface area contributed by atoms with Crippen LogP contribution in [-0.4, -0.2) is 42.1 Å². The summed E-state index contributed by atoms with van der Waals surface area (Å²) in [6.07, 6.45) is 3.50. The molecule has 1 fully saturated rings. The van der Waals surface area contributed by atoms with E-state index in [2.05, 4.69) is 19.2 Å². The molecule has 0 radical (unpaired) electrons. The average molecular weight is 270 g/mol. The minimum Gasteiger partial charge on any atom is -0.481 e. The van der Waals surface area contributed by atoms with Crippen molar-refractivity contribution in [1.29, 1.82) is 0 Å². The van der Waals surface area contributed by atoms with Crippen LogP contribution in [0.1, 0.15) is 40.0 Å². The summed E-state index contributed by atoms with van der Waals surface area (Å²) in [5.41, 5.74) is 0.295. The third-order valence-corrected chi connectivity index (χ3v) is 3.73. The largest absolute Gasteiger partial charge is 0.481 e. The van der Waals surface area contributed by atoms with Gasteiger partial charge < -0.3 is 15.3 Å². The Morgan fingerprint density at radius 2 is 1.89 bits per heavy atom. The number of aliphatic carboxylic acids is 1. The quantitative estimate of drug-likeness (QED) is 0.745. The Kier molecular flexibility index (Phi) is 5.20. The van der Waals surface area contributed by atoms with Gasteiger partial charge in [-0.3, -0.25) is 4.79 Å². The Morgan fingerprint density at radius 1 is 1.32 bits per heavy atom. The second-order valence-corrected chi connectivity index (χ2v) is 6.38. The van der Waals surface area contributed by atoms with Crippen LogP contribution in [0.2, 0.25) is 0 Å². The highest BCUT2D eigenvalue weighted by molar-refractivity contribution is 5.75. The number of nitrogens with one attached hydrogen (secondary N) is 1. The molecular weight excluding hydrogens is 244 g/mol. The van der Waals surface area contributed by atoms with Crippen molar-refractivity contribution in [2.24, 2.45) is 17.3 Å². The lowest BCUT2D eigenvalue weighted by Gasteiger charge is -2.23. The summed E-state index contributed by atoms with van der Waals surface area (Å²) in [7, 11) is 1.64. The number of carboxylic acids is 1. The molecule has 0 aromatic heterocycles. The molecule has 19 heavy (non-hydrogen) atoms. The summed E-state index contributed by atoms with van der Waals surface area (Å²) in [6.45, 7) is 6.94. The standard InChI is InChI=1S/C14H26N2O3/c1-10(2)7-14(5-6-14)9-15-13(19)16(4)8-11(3)12(17)18/h10-11H,5-9H2,1-4H3,(H,15,19)(H,17,18). The first-order chi connectivity index (χ1) is 8.76. The highest BCUT2D eigenvalue weighted by Gasteiger charge is 2.42. The molecule has 0 spiro atoms. The maximum absolute atomic E-state index is 11.9. The van der Waals surface area contributed by atoms with E-state index in [0.29, 0.717) is 17.9 Å². The van der Waals surface area contributed by atoms with E-state index >= 15 is 0 Å². The maximum Gasteiger partial charge on any atom is 0.317 e. The first-order valence-electron chi connectivity index (χ1n) is 6.97. The van der Waals surface area contributed by atoms with E-state index < -0.39 is 11.9 Å². The van der Waals surface area contributed by atoms with Gasteiger partial charge in [0.15, 0.2) is 0 Å². The Labute approximate surface area is 115 Å². The van der Waals surface area contributed by atoms with Gasteiger partial charge >= 0.3 is 12.0 Å². The molecule has 1 atom stereocenters. The van der Waals surface area contributed by atoms with E-state index in [0.717, 1.165) is 6.42 Å². The fraction of sp³-hybridized carbons (Fsp3) is 0.857. The monoisotopic (exact) mass is 270 g/mol. The fourth-order valence-electron chi connectivity index (χ4n) is 2.47. The second kappa shape index (κ2) is 6.26. The smallest absolute Gasteiger partial charge is 0.317 e. The number of carboxylic acid groups (broad SMARTS) is 1. The van der Waals surface area contributed by atoms with Gasteiger partial charge in [0.05, 0.1) is 5.92 Å². The average Bonchev–Trinajstić information content (AvgIpc) is 3.04. The highest BCUT2D eigenvalue weighted by Crippen LogP contribution is 2.49. The van der Waals surface area contributed by atoms with Crippen LogP contribution in [0.25, 0.3) is 0 Å². The van der Waals surface area contributed by atoms with Gasteiger partial charge in [-0.05, 0) is 30.6 Å². The van der Waals surface area contributed by atoms with Crippen LogP contribution in [0.3, 0.4) is 0 Å². The molecule has 0 aromatic carbocycles. The predicted octanol–water partition coefficient (Wildman–Crippen LogP) is 2.17. The van der Waals surface area contributed by atoms with Crippen LogP contribution in [0, 0.1) is 17.3 Å². The van der Waals surface area contributed by atoms with Crippen molar-refractivity contribution >= 4 is 12.0 Å². The molecule has 2 amide bonds. The number of carbonyl (C=O) groups excluding carboxylic acids is 1. The van der Waals surface area contributed by atoms with Crippen LogP contribution in [-0.2, 0) is 4.79 Å². The predicted molar refractivity (Wildman–Crippen MR) is 74.0 cm³/mol. The second-order valence-electron chi connectivity index (χ2n) is 6.38. The number of nitrogens with zero attached hydrogens (tertiary/aromatic N) is 1. The molecule has 0 aromatic rings. The Morgan fingerprint density at radius 3 is 2.32 bits per heavy atom. The molecule has 0 bridgehead atoms. The Hall–Kier alpha value is -1.26. The van der Waals surface area contributed by atoms with Gasteiger partial charge in [0.2, 0.25) is 0 Å². The van der Waals surface area contributed by atoms with Crippen molar-refractivity contribution in [3.05, 3.63) is 0 Å². The van der Waals surface area contributed by atoms with Crippen molar-refractivity contribution in [2.75, 3.05) is 20.1 Å². The molecule has 5 heteroatoms. The summed E-state index contributed by atoms with van der Waals surface area (Å²) in [5, 5.41) is 11.8. The molecule has 0 aliphatic heterocycles. The van der Waals surface area contributed by atoms with Crippen LogP contribution in [0.5, 0.6) is 0 Å². The third kappa shape index (κ3) is 5.09. The number of hydrogen-bond donors (Lipinski definition) is 2. The number of urea groups is 1. The van der Waals surface area contributed by atoms with E-state index in [9.17, 15) is 9.59 Å². The van der Waals surface area contributed by atoms with E-state index in [-0.39, 0.29) is 12.6 Å². The van der Waals surface area contributed by atoms with Gasteiger partial charge in [-0.15, -0.1) is 0 Å². The summed E-state index contributed by atoms with van der Waals surface area (Å²) in [5.74, 6) is -0.774. The van der Waals surface area contributed by atoms with Gasteiger partial charge in [-0.1, -0.05) is 20.8 Å². The molecule has 1 unspecified atom stereocenters. The zero-order chi connectivity index (χ0) is 14.6. The molecular formula is C14H26N2O3. The number of amides is 2. The molecule has 0 heterocycles. The molecule has 0 saturated heterocycles. The molecule has 1 rings (SSSR count). The minimum atomic E-state index is -0.877. The topological polar surface area (TPSA) is 69.6 Å². The lowest BCUT2D eigenvalue weighted by Crippen LogP contribution is -2.42. The van der Waals surface area contributed by atoms with Gasteiger partial charge in [-0.2, -0.15) is 0 Å². The number of carbonyl (C=O) groups is 2. The summed E-state index contributed by atoms with van der Waals surface area (Å²) in [6, 6.07) is -0.178. The van der Waals surface area contributed by atoms with E-state index in [1.54, 1.807) is 14.0 Å². The molecule has 1 aliphatic carbocycles. The van der Waals surface area contributed by atoms with Gasteiger partial charge in [0, 0.05) is 20.1 Å². The van der Waals surface area contributed by atoms with Gasteiger partial charge in [0.25, 0.3) is 0 Å². The number of rotatable bonds is 7. The molecule has 110 valence electrons. The zero-order valence-electron chi connectivity index (χ0n) is 12.4. The van der Waals surface area contributed by atoms with E-state index in [1.807, 2.05) is 0 Å². The SMILES string of the molecule is CC(C)CC1(CNC(=O)N(C)CC(C)C(=O)O)CC1. The van der Waals surface area contributed by atoms with Crippen molar-refractivity contribution in [2.45, 2.75) is 40.0 Å². The normalized spacial score (nSPS) is 17.9. The molecule has 1 saturated carbocycles. The fourth-order valence-corrected chi connectivity index (χ4v) is 2.47. The van der Waals surface area contributed by atoms with Crippen LogP contribution in [0.4, 0.5) is 4.79 Å². The first kappa shape index (κ1) is 15.8. The van der Waals surface area contributed by atoms with Crippen LogP contribution >= 0.6 is 0 Å². The van der Waals surface area contributed by atoms with E-state index in [1.165, 1.54) is 17.7 Å². The van der Waals surface area contributed by atoms with Gasteiger partial charge in [0.1, 0.15) is 0 Å². The summed E-state index contributed by atoms with van der Waals surface area (Å²) >= 11 is 0. The summed E-state index contributed by atoms with van der Waals surface area (Å²) in [4.78, 5) is 24.1. The van der Waals surface area contributed by atoms with Crippen molar-refractivity contribution in [3.63, 3.8) is 0 Å². The lowest BCUT2D eigenvalue weighted by molar-refractivity contribution is -0.141. The van der Waals surface area contributed by atoms with Crippen molar-refractivity contribution < 1.29 is 14.7 Å². The zero-order valence-corrected chi connectivity index (χ0v) is 12.4. The minimum absolute atomic E-state index is 0.178. The van der Waals surface area contributed by atoms with Crippen molar-refractivity contribution in [3.8, 4) is 0 Å². The molecule has 2 N–H and O–H groups in total. The highest BCUT2D eigenvalue weighted by atomic mass is 16.4. The lowest BCUT2D eigenvalue weighted by atomic mass is 9.94. The van der Waals surface area contributed by atoms with Crippen LogP contribution in [0.15, 0.2) is 0 Å². The van der Waals surface area contributed by atoms with Gasteiger partial charge in [-0.25, -0.2) is 4.79 Å². The van der Waals surface area contributed by atoms with Crippen molar-refractivity contribution in [1.82, 2.24) is 10.2 Å². The van der Waals surface area contributed by atoms with E-state index in [4.69, 9.17) is 5.11 Å². The Bertz CT molecular complexity index is 338. The van der Waals surface area contributed by atoms with Crippen LogP contribution < -0.4 is 5.32 Å². The maximum atomic E-state index is 11.9. The summed E-state index contributed by atoms with van der Waals surface area (Å²) < 4.78 is 0. The molecule has 5 nitrogen and oxygen atoms in total. The Balaban J connectivity index is 2.33.